The number of aliphatic hydroxyl groups excluding tert-OH is 1. The van der Waals surface area contributed by atoms with Crippen LogP contribution in [0, 0.1) is 12.3 Å². The summed E-state index contributed by atoms with van der Waals surface area (Å²) < 4.78 is 0. The SMILES string of the molecule is C=C(C[C@@H](O)C(=O)c1ccc(C)cc1)CC(C)(C)C. The van der Waals surface area contributed by atoms with Crippen molar-refractivity contribution in [2.75, 3.05) is 0 Å². The third-order valence-corrected chi connectivity index (χ3v) is 2.90. The maximum atomic E-state index is 12.1. The number of hydrogen-bond acceptors (Lipinski definition) is 2. The van der Waals surface area contributed by atoms with Gasteiger partial charge in [0, 0.05) is 12.0 Å². The van der Waals surface area contributed by atoms with Gasteiger partial charge in [-0.25, -0.2) is 0 Å². The van der Waals surface area contributed by atoms with E-state index in [0.29, 0.717) is 12.0 Å². The molecular weight excluding hydrogens is 236 g/mol. The van der Waals surface area contributed by atoms with Crippen molar-refractivity contribution >= 4 is 5.78 Å². The summed E-state index contributed by atoms with van der Waals surface area (Å²) in [6.45, 7) is 12.3. The summed E-state index contributed by atoms with van der Waals surface area (Å²) in [5.74, 6) is -0.227. The van der Waals surface area contributed by atoms with Crippen molar-refractivity contribution in [1.29, 1.82) is 0 Å². The molecule has 1 rings (SSSR count). The lowest BCUT2D eigenvalue weighted by molar-refractivity contribution is 0.0744. The van der Waals surface area contributed by atoms with Crippen LogP contribution in [-0.2, 0) is 0 Å². The Hall–Kier alpha value is -1.41. The first-order valence-electron chi connectivity index (χ1n) is 6.64. The molecule has 0 radical (unpaired) electrons. The highest BCUT2D eigenvalue weighted by Gasteiger charge is 2.20. The molecule has 0 unspecified atom stereocenters. The predicted octanol–water partition coefficient (Wildman–Crippen LogP) is 3.92. The van der Waals surface area contributed by atoms with Gasteiger partial charge in [0.1, 0.15) is 6.10 Å². The van der Waals surface area contributed by atoms with Gasteiger partial charge in [-0.05, 0) is 18.8 Å². The fraction of sp³-hybridized carbons (Fsp3) is 0.471. The molecule has 0 aliphatic rings. The standard InChI is InChI=1S/C17H24O2/c1-12-6-8-14(9-7-12)16(19)15(18)10-13(2)11-17(3,4)5/h6-9,15,18H,2,10-11H2,1,3-5H3/t15-/m1/s1. The third kappa shape index (κ3) is 5.39. The summed E-state index contributed by atoms with van der Waals surface area (Å²) in [6, 6.07) is 7.27. The fourth-order valence-corrected chi connectivity index (χ4v) is 2.10. The van der Waals surface area contributed by atoms with Crippen LogP contribution in [0.1, 0.15) is 49.5 Å². The highest BCUT2D eigenvalue weighted by molar-refractivity contribution is 5.99. The molecule has 2 nitrogen and oxygen atoms in total. The fourth-order valence-electron chi connectivity index (χ4n) is 2.10. The van der Waals surface area contributed by atoms with E-state index in [1.165, 1.54) is 0 Å². The summed E-state index contributed by atoms with van der Waals surface area (Å²) in [7, 11) is 0. The Bertz CT molecular complexity index is 449. The van der Waals surface area contributed by atoms with Gasteiger partial charge in [-0.3, -0.25) is 4.79 Å². The molecule has 0 heterocycles. The molecule has 0 amide bonds. The van der Waals surface area contributed by atoms with E-state index >= 15 is 0 Å². The molecule has 0 aromatic heterocycles. The minimum Gasteiger partial charge on any atom is -0.385 e. The quantitative estimate of drug-likeness (QED) is 0.643. The number of rotatable bonds is 5. The highest BCUT2D eigenvalue weighted by atomic mass is 16.3. The molecule has 0 saturated carbocycles. The van der Waals surface area contributed by atoms with Crippen LogP contribution >= 0.6 is 0 Å². The van der Waals surface area contributed by atoms with Gasteiger partial charge in [0.25, 0.3) is 0 Å². The average Bonchev–Trinajstić information content (AvgIpc) is 2.26. The Morgan fingerprint density at radius 2 is 1.79 bits per heavy atom. The predicted molar refractivity (Wildman–Crippen MR) is 79.3 cm³/mol. The van der Waals surface area contributed by atoms with Crippen LogP contribution in [0.4, 0.5) is 0 Å². The summed E-state index contributed by atoms with van der Waals surface area (Å²) in [6.07, 6.45) is 0.160. The van der Waals surface area contributed by atoms with Crippen LogP contribution in [0.15, 0.2) is 36.4 Å². The minimum atomic E-state index is -0.988. The van der Waals surface area contributed by atoms with Crippen molar-refractivity contribution in [1.82, 2.24) is 0 Å². The second-order valence-corrected chi connectivity index (χ2v) is 6.44. The number of carbonyl (C=O) groups is 1. The van der Waals surface area contributed by atoms with E-state index in [4.69, 9.17) is 0 Å². The number of ketones is 1. The molecular formula is C17H24O2. The monoisotopic (exact) mass is 260 g/mol. The normalized spacial score (nSPS) is 13.1. The van der Waals surface area contributed by atoms with Gasteiger partial charge in [0.15, 0.2) is 5.78 Å². The van der Waals surface area contributed by atoms with Crippen molar-refractivity contribution < 1.29 is 9.90 Å². The van der Waals surface area contributed by atoms with E-state index in [9.17, 15) is 9.90 Å². The summed E-state index contributed by atoms with van der Waals surface area (Å²) >= 11 is 0. The molecule has 0 spiro atoms. The van der Waals surface area contributed by atoms with Crippen molar-refractivity contribution in [3.8, 4) is 0 Å². The lowest BCUT2D eigenvalue weighted by atomic mass is 9.86. The Labute approximate surface area is 116 Å². The van der Waals surface area contributed by atoms with Gasteiger partial charge in [-0.1, -0.05) is 62.8 Å². The van der Waals surface area contributed by atoms with Gasteiger partial charge in [0.2, 0.25) is 0 Å². The minimum absolute atomic E-state index is 0.129. The van der Waals surface area contributed by atoms with E-state index in [2.05, 4.69) is 27.4 Å². The van der Waals surface area contributed by atoms with Crippen LogP contribution in [0.25, 0.3) is 0 Å². The van der Waals surface area contributed by atoms with Crippen molar-refractivity contribution in [2.45, 2.75) is 46.6 Å². The third-order valence-electron chi connectivity index (χ3n) is 2.90. The van der Waals surface area contributed by atoms with Crippen molar-refractivity contribution in [3.05, 3.63) is 47.5 Å². The Morgan fingerprint density at radius 3 is 2.26 bits per heavy atom. The average molecular weight is 260 g/mol. The molecule has 2 heteroatoms. The zero-order chi connectivity index (χ0) is 14.6. The molecule has 19 heavy (non-hydrogen) atoms. The maximum absolute atomic E-state index is 12.1. The van der Waals surface area contributed by atoms with E-state index in [1.54, 1.807) is 12.1 Å². The second-order valence-electron chi connectivity index (χ2n) is 6.44. The second kappa shape index (κ2) is 6.16. The number of hydrogen-bond donors (Lipinski definition) is 1. The lowest BCUT2D eigenvalue weighted by Crippen LogP contribution is -2.22. The largest absolute Gasteiger partial charge is 0.385 e. The highest BCUT2D eigenvalue weighted by Crippen LogP contribution is 2.26. The Balaban J connectivity index is 2.63. The van der Waals surface area contributed by atoms with E-state index < -0.39 is 6.10 Å². The van der Waals surface area contributed by atoms with Crippen LogP contribution in [0.2, 0.25) is 0 Å². The molecule has 0 saturated heterocycles. The molecule has 1 aromatic rings. The van der Waals surface area contributed by atoms with Crippen LogP contribution in [0.3, 0.4) is 0 Å². The van der Waals surface area contributed by atoms with Gasteiger partial charge in [-0.2, -0.15) is 0 Å². The summed E-state index contributed by atoms with van der Waals surface area (Å²) in [4.78, 5) is 12.1. The van der Waals surface area contributed by atoms with Gasteiger partial charge in [0.05, 0.1) is 0 Å². The smallest absolute Gasteiger partial charge is 0.191 e. The number of aliphatic hydroxyl groups is 1. The summed E-state index contributed by atoms with van der Waals surface area (Å²) in [5.41, 5.74) is 2.70. The number of benzene rings is 1. The first kappa shape index (κ1) is 15.6. The number of Topliss-reactive ketones (excluding diaryl/α,β-unsaturated/α-hetero) is 1. The number of aryl methyl sites for hydroxylation is 1. The molecule has 0 aliphatic heterocycles. The molecule has 0 fully saturated rings. The van der Waals surface area contributed by atoms with E-state index in [0.717, 1.165) is 17.6 Å². The Kier molecular flexibility index (Phi) is 5.07. The zero-order valence-electron chi connectivity index (χ0n) is 12.4. The number of carbonyl (C=O) groups excluding carboxylic acids is 1. The van der Waals surface area contributed by atoms with Gasteiger partial charge >= 0.3 is 0 Å². The maximum Gasteiger partial charge on any atom is 0.191 e. The summed E-state index contributed by atoms with van der Waals surface area (Å²) in [5, 5.41) is 10.00. The zero-order valence-corrected chi connectivity index (χ0v) is 12.4. The van der Waals surface area contributed by atoms with Gasteiger partial charge in [-0.15, -0.1) is 0 Å². The molecule has 1 N–H and O–H groups in total. The Morgan fingerprint density at radius 1 is 1.26 bits per heavy atom. The van der Waals surface area contributed by atoms with E-state index in [-0.39, 0.29) is 11.2 Å². The first-order chi connectivity index (χ1) is 8.69. The van der Waals surface area contributed by atoms with Crippen LogP contribution in [-0.4, -0.2) is 17.0 Å². The first-order valence-corrected chi connectivity index (χ1v) is 6.64. The topological polar surface area (TPSA) is 37.3 Å². The van der Waals surface area contributed by atoms with Crippen LogP contribution in [0.5, 0.6) is 0 Å². The molecule has 1 aromatic carbocycles. The van der Waals surface area contributed by atoms with Gasteiger partial charge < -0.3 is 5.11 Å². The molecule has 1 atom stereocenters. The van der Waals surface area contributed by atoms with E-state index in [1.807, 2.05) is 19.1 Å². The van der Waals surface area contributed by atoms with Crippen LogP contribution < -0.4 is 0 Å². The molecule has 0 bridgehead atoms. The molecule has 104 valence electrons. The lowest BCUT2D eigenvalue weighted by Gasteiger charge is -2.21. The van der Waals surface area contributed by atoms with Crippen molar-refractivity contribution in [3.63, 3.8) is 0 Å². The molecule has 0 aliphatic carbocycles. The van der Waals surface area contributed by atoms with Crippen molar-refractivity contribution in [2.24, 2.45) is 5.41 Å².